The number of piperidine rings is 2. The molecule has 0 amide bonds. The van der Waals surface area contributed by atoms with Crippen molar-refractivity contribution in [2.24, 2.45) is 11.8 Å². The second-order valence-electron chi connectivity index (χ2n) is 6.86. The van der Waals surface area contributed by atoms with Crippen LogP contribution in [0.5, 0.6) is 17.2 Å². The topological polar surface area (TPSA) is 91.9 Å². The minimum atomic E-state index is -0.436. The monoisotopic (exact) mass is 327 g/mol. The van der Waals surface area contributed by atoms with Crippen molar-refractivity contribution in [1.82, 2.24) is 5.32 Å². The van der Waals surface area contributed by atoms with E-state index in [2.05, 4.69) is 5.32 Å². The second-order valence-corrected chi connectivity index (χ2v) is 6.86. The highest BCUT2D eigenvalue weighted by Crippen LogP contribution is 2.80. The quantitative estimate of drug-likeness (QED) is 0.793. The van der Waals surface area contributed by atoms with Gasteiger partial charge in [-0.2, -0.15) is 0 Å². The molecule has 1 aliphatic heterocycles. The van der Waals surface area contributed by atoms with Crippen LogP contribution in [0.25, 0.3) is 11.3 Å². The van der Waals surface area contributed by atoms with Crippen molar-refractivity contribution in [3.05, 3.63) is 40.2 Å². The van der Waals surface area contributed by atoms with Crippen LogP contribution in [0, 0.1) is 11.8 Å². The Morgan fingerprint density at radius 3 is 2.79 bits per heavy atom. The number of rotatable bonds is 3. The molecule has 5 rings (SSSR count). The fourth-order valence-electron chi connectivity index (χ4n) is 4.55. The van der Waals surface area contributed by atoms with Gasteiger partial charge in [0.25, 0.3) is 0 Å². The molecule has 124 valence electrons. The van der Waals surface area contributed by atoms with Crippen LogP contribution in [0.4, 0.5) is 0 Å². The van der Waals surface area contributed by atoms with Gasteiger partial charge in [0.1, 0.15) is 5.76 Å². The van der Waals surface area contributed by atoms with Gasteiger partial charge in [0, 0.05) is 23.1 Å². The van der Waals surface area contributed by atoms with Gasteiger partial charge >= 0.3 is 0 Å². The molecule has 3 fully saturated rings. The lowest BCUT2D eigenvalue weighted by Gasteiger charge is -2.32. The molecule has 2 aromatic rings. The van der Waals surface area contributed by atoms with E-state index in [0.717, 1.165) is 13.0 Å². The maximum absolute atomic E-state index is 12.3. The summed E-state index contributed by atoms with van der Waals surface area (Å²) in [6, 6.07) is 6.60. The first-order chi connectivity index (χ1) is 11.6. The third-order valence-electron chi connectivity index (χ3n) is 5.84. The maximum atomic E-state index is 12.3. The van der Waals surface area contributed by atoms with E-state index in [1.807, 2.05) is 0 Å². The van der Waals surface area contributed by atoms with E-state index in [9.17, 15) is 15.0 Å². The predicted octanol–water partition coefficient (Wildman–Crippen LogP) is 1.59. The molecule has 2 saturated carbocycles. The Kier molecular flexibility index (Phi) is 2.51. The van der Waals surface area contributed by atoms with Crippen molar-refractivity contribution in [1.29, 1.82) is 0 Å². The number of phenols is 1. The fraction of sp³-hybridized carbons (Fsp3) is 0.389. The maximum Gasteiger partial charge on any atom is 0.227 e. The number of fused-ring (bicyclic) bond motifs is 2. The van der Waals surface area contributed by atoms with Gasteiger partial charge in [-0.05, 0) is 43.0 Å². The highest BCUT2D eigenvalue weighted by atomic mass is 16.5. The van der Waals surface area contributed by atoms with E-state index < -0.39 is 11.2 Å². The molecule has 1 saturated heterocycles. The van der Waals surface area contributed by atoms with Gasteiger partial charge in [-0.15, -0.1) is 0 Å². The van der Waals surface area contributed by atoms with E-state index in [4.69, 9.17) is 9.15 Å². The average Bonchev–Trinajstić information content (AvgIpc) is 3.50. The van der Waals surface area contributed by atoms with Crippen molar-refractivity contribution in [2.45, 2.75) is 17.9 Å². The molecule has 2 aliphatic carbocycles. The van der Waals surface area contributed by atoms with E-state index in [1.54, 1.807) is 12.1 Å². The number of nitrogens with one attached hydrogen (secondary N) is 1. The lowest BCUT2D eigenvalue weighted by atomic mass is 9.82. The fourth-order valence-corrected chi connectivity index (χ4v) is 4.55. The summed E-state index contributed by atoms with van der Waals surface area (Å²) in [5, 5.41) is 23.4. The van der Waals surface area contributed by atoms with E-state index in [1.165, 1.54) is 19.2 Å². The number of methoxy groups -OCH3 is 1. The molecular weight excluding hydrogens is 310 g/mol. The largest absolute Gasteiger partial charge is 0.504 e. The second kappa shape index (κ2) is 4.33. The molecule has 6 heteroatoms. The Bertz CT molecular complexity index is 908. The number of aromatic hydroxyl groups is 2. The Morgan fingerprint density at radius 2 is 2.08 bits per heavy atom. The zero-order valence-corrected chi connectivity index (χ0v) is 13.1. The lowest BCUT2D eigenvalue weighted by molar-refractivity contribution is 0.268. The molecular formula is C18H17NO5. The van der Waals surface area contributed by atoms with Gasteiger partial charge in [0.2, 0.25) is 11.2 Å². The number of hydrogen-bond acceptors (Lipinski definition) is 6. The summed E-state index contributed by atoms with van der Waals surface area (Å²) >= 11 is 0. The number of benzene rings is 1. The molecule has 2 heterocycles. The third kappa shape index (κ3) is 1.56. The summed E-state index contributed by atoms with van der Waals surface area (Å²) in [4.78, 5) is 12.3. The summed E-state index contributed by atoms with van der Waals surface area (Å²) in [7, 11) is 1.44. The van der Waals surface area contributed by atoms with Crippen molar-refractivity contribution in [3.8, 4) is 28.6 Å². The van der Waals surface area contributed by atoms with Crippen LogP contribution in [0.1, 0.15) is 12.2 Å². The minimum absolute atomic E-state index is 0.0116. The number of phenolic OH excluding ortho intramolecular Hbond substituents is 1. The summed E-state index contributed by atoms with van der Waals surface area (Å²) in [5.41, 5.74) is 0.0322. The number of ether oxygens (including phenoxy) is 1. The van der Waals surface area contributed by atoms with Gasteiger partial charge in [-0.1, -0.05) is 0 Å². The average molecular weight is 327 g/mol. The zero-order valence-electron chi connectivity index (χ0n) is 13.1. The van der Waals surface area contributed by atoms with Gasteiger partial charge in [-0.3, -0.25) is 4.79 Å². The van der Waals surface area contributed by atoms with Gasteiger partial charge in [-0.25, -0.2) is 0 Å². The Morgan fingerprint density at radius 1 is 1.29 bits per heavy atom. The summed E-state index contributed by atoms with van der Waals surface area (Å²) in [6.45, 7) is 0.921. The van der Waals surface area contributed by atoms with Crippen LogP contribution in [0.2, 0.25) is 0 Å². The van der Waals surface area contributed by atoms with Crippen LogP contribution >= 0.6 is 0 Å². The molecule has 3 N–H and O–H groups in total. The molecule has 24 heavy (non-hydrogen) atoms. The van der Waals surface area contributed by atoms with Gasteiger partial charge < -0.3 is 24.7 Å². The van der Waals surface area contributed by atoms with Crippen LogP contribution < -0.4 is 15.5 Å². The van der Waals surface area contributed by atoms with E-state index in [-0.39, 0.29) is 22.7 Å². The normalized spacial score (nSPS) is 32.1. The summed E-state index contributed by atoms with van der Waals surface area (Å²) in [6.07, 6.45) is 0.949. The van der Waals surface area contributed by atoms with Crippen LogP contribution in [0.3, 0.4) is 0 Å². The predicted molar refractivity (Wildman–Crippen MR) is 85.4 cm³/mol. The molecule has 3 aliphatic rings. The first kappa shape index (κ1) is 13.9. The number of hydrogen-bond donors (Lipinski definition) is 3. The third-order valence-corrected chi connectivity index (χ3v) is 5.84. The first-order valence-electron chi connectivity index (χ1n) is 8.06. The highest BCUT2D eigenvalue weighted by molar-refractivity contribution is 5.67. The minimum Gasteiger partial charge on any atom is -0.504 e. The Labute approximate surface area is 137 Å². The summed E-state index contributed by atoms with van der Waals surface area (Å²) < 4.78 is 11.1. The van der Waals surface area contributed by atoms with Gasteiger partial charge in [0.05, 0.1) is 7.11 Å². The van der Waals surface area contributed by atoms with E-state index in [0.29, 0.717) is 29.2 Å². The van der Waals surface area contributed by atoms with Crippen molar-refractivity contribution < 1.29 is 19.4 Å². The van der Waals surface area contributed by atoms with Crippen LogP contribution in [-0.2, 0) is 5.41 Å². The standard InChI is InChI=1S/C18H17NO5/c1-23-11-6-8(2-3-9(11)20)17-16(22)10(21)7-12(24-17)18-4-5-19-15-13(18)14(15)18/h2-3,6-7,13-15,19-20,22H,4-5H2,1H3. The van der Waals surface area contributed by atoms with Crippen molar-refractivity contribution in [3.63, 3.8) is 0 Å². The smallest absolute Gasteiger partial charge is 0.227 e. The molecule has 6 nitrogen and oxygen atoms in total. The summed E-state index contributed by atoms with van der Waals surface area (Å²) in [5.74, 6) is 1.74. The zero-order chi connectivity index (χ0) is 16.6. The Balaban J connectivity index is 1.63. The molecule has 2 unspecified atom stereocenters. The molecule has 0 bridgehead atoms. The Hall–Kier alpha value is -2.47. The highest BCUT2D eigenvalue weighted by Gasteiger charge is 2.86. The van der Waals surface area contributed by atoms with E-state index >= 15 is 0 Å². The molecule has 0 spiro atoms. The molecule has 1 aromatic heterocycles. The van der Waals surface area contributed by atoms with Gasteiger partial charge in [0.15, 0.2) is 17.3 Å². The van der Waals surface area contributed by atoms with Crippen LogP contribution in [0.15, 0.2) is 33.5 Å². The van der Waals surface area contributed by atoms with Crippen molar-refractivity contribution >= 4 is 0 Å². The molecule has 0 radical (unpaired) electrons. The lowest BCUT2D eigenvalue weighted by Crippen LogP contribution is -2.43. The van der Waals surface area contributed by atoms with Crippen LogP contribution in [-0.4, -0.2) is 29.9 Å². The van der Waals surface area contributed by atoms with Crippen molar-refractivity contribution in [2.75, 3.05) is 13.7 Å². The SMILES string of the molecule is COc1cc(-c2oc(C34CCNC5C3C54)cc(=O)c2O)ccc1O. The molecule has 1 aromatic carbocycles. The first-order valence-corrected chi connectivity index (χ1v) is 8.06. The molecule has 2 atom stereocenters.